The van der Waals surface area contributed by atoms with Gasteiger partial charge in [-0.05, 0) is 36.8 Å². The van der Waals surface area contributed by atoms with Crippen molar-refractivity contribution in [2.75, 3.05) is 19.5 Å². The Balaban J connectivity index is 1.95. The predicted molar refractivity (Wildman–Crippen MR) is 104 cm³/mol. The van der Waals surface area contributed by atoms with E-state index in [0.717, 1.165) is 5.56 Å². The first kappa shape index (κ1) is 19.7. The van der Waals surface area contributed by atoms with Crippen molar-refractivity contribution >= 4 is 23.8 Å². The summed E-state index contributed by atoms with van der Waals surface area (Å²) in [5.41, 5.74) is 1.60. The summed E-state index contributed by atoms with van der Waals surface area (Å²) in [6.07, 6.45) is 1.58. The number of nitrogens with one attached hydrogen (secondary N) is 2. The van der Waals surface area contributed by atoms with Crippen LogP contribution in [-0.2, 0) is 9.53 Å². The molecule has 1 aromatic heterocycles. The molecule has 0 radical (unpaired) electrons. The Labute approximate surface area is 166 Å². The molecule has 0 bridgehead atoms. The normalized spacial score (nSPS) is 16.2. The van der Waals surface area contributed by atoms with E-state index >= 15 is 0 Å². The van der Waals surface area contributed by atoms with E-state index in [1.54, 1.807) is 38.4 Å². The van der Waals surface area contributed by atoms with Crippen molar-refractivity contribution < 1.29 is 19.1 Å². The third-order valence-electron chi connectivity index (χ3n) is 4.01. The highest BCUT2D eigenvalue weighted by Gasteiger charge is 2.33. The molecule has 0 fully saturated rings. The molecule has 0 spiro atoms. The number of thioether (sulfide) groups is 1. The first-order valence-corrected chi connectivity index (χ1v) is 9.63. The van der Waals surface area contributed by atoms with E-state index in [4.69, 9.17) is 9.47 Å². The Bertz CT molecular complexity index is 871. The molecule has 0 aliphatic carbocycles. The molecule has 0 saturated heterocycles. The molecule has 1 aromatic carbocycles. The lowest BCUT2D eigenvalue weighted by atomic mass is 9.95. The minimum Gasteiger partial charge on any atom is -0.497 e. The third-order valence-corrected chi connectivity index (χ3v) is 4.96. The van der Waals surface area contributed by atoms with Crippen molar-refractivity contribution in [1.82, 2.24) is 20.8 Å². The molecule has 9 heteroatoms. The molecular weight excluding hydrogens is 380 g/mol. The van der Waals surface area contributed by atoms with Crippen LogP contribution in [0, 0.1) is 0 Å². The van der Waals surface area contributed by atoms with Gasteiger partial charge in [0.1, 0.15) is 10.8 Å². The average molecular weight is 400 g/mol. The number of hydrogen-bond donors (Lipinski definition) is 2. The molecule has 146 valence electrons. The predicted octanol–water partition coefficient (Wildman–Crippen LogP) is 2.45. The Kier molecular flexibility index (Phi) is 6.49. The number of urea groups is 1. The second kappa shape index (κ2) is 9.23. The minimum absolute atomic E-state index is 0.232. The lowest BCUT2D eigenvalue weighted by molar-refractivity contribution is -0.139. The number of nitrogens with zero attached hydrogens (tertiary/aromatic N) is 2. The van der Waals surface area contributed by atoms with E-state index < -0.39 is 12.0 Å². The van der Waals surface area contributed by atoms with E-state index in [9.17, 15) is 9.59 Å². The van der Waals surface area contributed by atoms with Gasteiger partial charge in [-0.1, -0.05) is 23.9 Å². The molecule has 2 N–H and O–H groups in total. The number of esters is 1. The minimum atomic E-state index is -0.629. The van der Waals surface area contributed by atoms with Gasteiger partial charge in [0.15, 0.2) is 0 Å². The van der Waals surface area contributed by atoms with Gasteiger partial charge in [0.05, 0.1) is 25.3 Å². The van der Waals surface area contributed by atoms with Gasteiger partial charge in [-0.2, -0.15) is 5.10 Å². The summed E-state index contributed by atoms with van der Waals surface area (Å²) >= 11 is 1.37. The fraction of sp³-hybridized carbons (Fsp3) is 0.263. The summed E-state index contributed by atoms with van der Waals surface area (Å²) in [6, 6.07) is 9.74. The summed E-state index contributed by atoms with van der Waals surface area (Å²) in [5.74, 6) is 0.544. The van der Waals surface area contributed by atoms with Gasteiger partial charge < -0.3 is 20.1 Å². The second-order valence-electron chi connectivity index (χ2n) is 5.77. The number of methoxy groups -OCH3 is 1. The molecule has 2 heterocycles. The summed E-state index contributed by atoms with van der Waals surface area (Å²) in [4.78, 5) is 24.9. The van der Waals surface area contributed by atoms with Crippen molar-refractivity contribution in [2.24, 2.45) is 0 Å². The van der Waals surface area contributed by atoms with Gasteiger partial charge in [0, 0.05) is 17.6 Å². The molecule has 3 rings (SSSR count). The van der Waals surface area contributed by atoms with Gasteiger partial charge >= 0.3 is 12.0 Å². The standard InChI is InChI=1S/C19H20N4O4S/c1-3-27-18(24)16-14(11-28-15-5-4-10-20-23-15)21-19(25)22-17(16)12-6-8-13(26-2)9-7-12/h4-10,17H,3,11H2,1-2H3,(H2,21,22,25)/t17-/m1/s1. The molecule has 28 heavy (non-hydrogen) atoms. The maximum atomic E-state index is 12.7. The topological polar surface area (TPSA) is 102 Å². The Morgan fingerprint density at radius 2 is 2.04 bits per heavy atom. The Morgan fingerprint density at radius 3 is 2.68 bits per heavy atom. The smallest absolute Gasteiger partial charge is 0.338 e. The van der Waals surface area contributed by atoms with E-state index in [1.165, 1.54) is 11.8 Å². The number of hydrogen-bond acceptors (Lipinski definition) is 7. The molecule has 2 amide bonds. The SMILES string of the molecule is CCOC(=O)C1=C(CSc2cccnn2)NC(=O)N[C@@H]1c1ccc(OC)cc1. The number of amides is 2. The first-order valence-electron chi connectivity index (χ1n) is 8.64. The lowest BCUT2D eigenvalue weighted by Crippen LogP contribution is -2.46. The van der Waals surface area contributed by atoms with Crippen LogP contribution in [0.4, 0.5) is 4.79 Å². The second-order valence-corrected chi connectivity index (χ2v) is 6.76. The summed E-state index contributed by atoms with van der Waals surface area (Å²) in [5, 5.41) is 14.1. The van der Waals surface area contributed by atoms with Crippen molar-refractivity contribution in [3.63, 3.8) is 0 Å². The number of carbonyl (C=O) groups is 2. The van der Waals surface area contributed by atoms with Crippen LogP contribution in [0.25, 0.3) is 0 Å². The summed E-state index contributed by atoms with van der Waals surface area (Å²) < 4.78 is 10.4. The first-order chi connectivity index (χ1) is 13.6. The van der Waals surface area contributed by atoms with Gasteiger partial charge in [0.25, 0.3) is 0 Å². The molecule has 8 nitrogen and oxygen atoms in total. The molecule has 0 saturated carbocycles. The van der Waals surface area contributed by atoms with E-state index in [0.29, 0.717) is 27.8 Å². The van der Waals surface area contributed by atoms with Gasteiger partial charge in [-0.15, -0.1) is 5.10 Å². The molecule has 1 aliphatic heterocycles. The monoisotopic (exact) mass is 400 g/mol. The van der Waals surface area contributed by atoms with Crippen LogP contribution in [0.1, 0.15) is 18.5 Å². The van der Waals surface area contributed by atoms with Crippen LogP contribution in [0.3, 0.4) is 0 Å². The van der Waals surface area contributed by atoms with Crippen LogP contribution in [0.15, 0.2) is 58.9 Å². The van der Waals surface area contributed by atoms with Crippen LogP contribution in [0.2, 0.25) is 0 Å². The summed E-state index contributed by atoms with van der Waals surface area (Å²) in [6.45, 7) is 1.97. The maximum absolute atomic E-state index is 12.7. The maximum Gasteiger partial charge on any atom is 0.338 e. The molecule has 1 atom stereocenters. The van der Waals surface area contributed by atoms with E-state index in [-0.39, 0.29) is 12.6 Å². The van der Waals surface area contributed by atoms with Crippen molar-refractivity contribution in [3.05, 3.63) is 59.4 Å². The molecule has 2 aromatic rings. The largest absolute Gasteiger partial charge is 0.497 e. The van der Waals surface area contributed by atoms with Crippen molar-refractivity contribution in [1.29, 1.82) is 0 Å². The number of carbonyl (C=O) groups excluding carboxylic acids is 2. The van der Waals surface area contributed by atoms with Gasteiger partial charge in [-0.25, -0.2) is 9.59 Å². The van der Waals surface area contributed by atoms with E-state index in [1.807, 2.05) is 18.2 Å². The quantitative estimate of drug-likeness (QED) is 0.544. The van der Waals surface area contributed by atoms with Crippen LogP contribution in [-0.4, -0.2) is 41.7 Å². The zero-order valence-corrected chi connectivity index (χ0v) is 16.3. The van der Waals surface area contributed by atoms with Crippen LogP contribution in [0.5, 0.6) is 5.75 Å². The number of rotatable bonds is 7. The fourth-order valence-electron chi connectivity index (χ4n) is 2.74. The molecule has 0 unspecified atom stereocenters. The lowest BCUT2D eigenvalue weighted by Gasteiger charge is -2.29. The molecular formula is C19H20N4O4S. The third kappa shape index (κ3) is 4.61. The van der Waals surface area contributed by atoms with Gasteiger partial charge in [0.2, 0.25) is 0 Å². The molecule has 1 aliphatic rings. The Morgan fingerprint density at radius 1 is 1.25 bits per heavy atom. The van der Waals surface area contributed by atoms with Crippen molar-refractivity contribution in [2.45, 2.75) is 18.0 Å². The number of ether oxygens (including phenoxy) is 2. The van der Waals surface area contributed by atoms with Crippen LogP contribution >= 0.6 is 11.8 Å². The Hall–Kier alpha value is -3.07. The fourth-order valence-corrected chi connectivity index (χ4v) is 3.54. The van der Waals surface area contributed by atoms with Gasteiger partial charge in [-0.3, -0.25) is 0 Å². The van der Waals surface area contributed by atoms with Crippen LogP contribution < -0.4 is 15.4 Å². The average Bonchev–Trinajstić information content (AvgIpc) is 2.72. The summed E-state index contributed by atoms with van der Waals surface area (Å²) in [7, 11) is 1.58. The highest BCUT2D eigenvalue weighted by molar-refractivity contribution is 7.99. The number of benzene rings is 1. The van der Waals surface area contributed by atoms with Crippen molar-refractivity contribution in [3.8, 4) is 5.75 Å². The highest BCUT2D eigenvalue weighted by atomic mass is 32.2. The number of aromatic nitrogens is 2. The zero-order valence-electron chi connectivity index (χ0n) is 15.5. The highest BCUT2D eigenvalue weighted by Crippen LogP contribution is 2.31. The van der Waals surface area contributed by atoms with E-state index in [2.05, 4.69) is 20.8 Å². The zero-order chi connectivity index (χ0) is 19.9.